The monoisotopic (exact) mass is 222 g/mol. The van der Waals surface area contributed by atoms with E-state index in [-0.39, 0.29) is 5.41 Å². The summed E-state index contributed by atoms with van der Waals surface area (Å²) in [4.78, 5) is 14.7. The summed E-state index contributed by atoms with van der Waals surface area (Å²) in [6.07, 6.45) is 6.01. The van der Waals surface area contributed by atoms with Crippen LogP contribution in [0.2, 0.25) is 0 Å². The Labute approximate surface area is 97.6 Å². The Morgan fingerprint density at radius 2 is 2.31 bits per heavy atom. The van der Waals surface area contributed by atoms with Crippen LogP contribution in [-0.4, -0.2) is 36.5 Å². The molecule has 0 radical (unpaired) electrons. The third-order valence-corrected chi connectivity index (χ3v) is 4.56. The topological polar surface area (TPSA) is 32.3 Å². The Kier molecular flexibility index (Phi) is 2.46. The zero-order valence-corrected chi connectivity index (χ0v) is 10.2. The number of rotatable bonds is 2. The average molecular weight is 222 g/mol. The zero-order valence-electron chi connectivity index (χ0n) is 10.2. The van der Waals surface area contributed by atoms with E-state index in [1.807, 2.05) is 0 Å². The Bertz CT molecular complexity index is 292. The molecule has 0 aromatic heterocycles. The smallest absolute Gasteiger partial charge is 0.230 e. The minimum Gasteiger partial charge on any atom is -0.339 e. The number of nitrogens with zero attached hydrogens (tertiary/aromatic N) is 1. The molecule has 2 heterocycles. The lowest BCUT2D eigenvalue weighted by Crippen LogP contribution is -2.46. The molecule has 1 amide bonds. The van der Waals surface area contributed by atoms with Crippen LogP contribution in [0.15, 0.2) is 0 Å². The summed E-state index contributed by atoms with van der Waals surface area (Å²) in [5, 5.41) is 3.41. The highest BCUT2D eigenvalue weighted by atomic mass is 16.2. The summed E-state index contributed by atoms with van der Waals surface area (Å²) in [5.74, 6) is 1.26. The van der Waals surface area contributed by atoms with Crippen molar-refractivity contribution >= 4 is 5.91 Å². The van der Waals surface area contributed by atoms with E-state index in [0.717, 1.165) is 44.8 Å². The standard InChI is InChI=1S/C13H22N2O/c1-10-7-13(5-2-6-14-9-13)12(16)15(10)8-11-3-4-11/h10-11,14H,2-9H2,1H3. The molecule has 3 fully saturated rings. The summed E-state index contributed by atoms with van der Waals surface area (Å²) >= 11 is 0. The van der Waals surface area contributed by atoms with Crippen molar-refractivity contribution in [3.05, 3.63) is 0 Å². The van der Waals surface area contributed by atoms with Gasteiger partial charge in [-0.05, 0) is 51.5 Å². The van der Waals surface area contributed by atoms with Gasteiger partial charge in [0, 0.05) is 19.1 Å². The second-order valence-electron chi connectivity index (χ2n) is 6.01. The van der Waals surface area contributed by atoms with Gasteiger partial charge in [0.25, 0.3) is 0 Å². The molecule has 16 heavy (non-hydrogen) atoms. The van der Waals surface area contributed by atoms with E-state index in [0.29, 0.717) is 11.9 Å². The molecular weight excluding hydrogens is 200 g/mol. The van der Waals surface area contributed by atoms with Crippen LogP contribution < -0.4 is 5.32 Å². The van der Waals surface area contributed by atoms with Gasteiger partial charge < -0.3 is 10.2 Å². The van der Waals surface area contributed by atoms with Crippen molar-refractivity contribution in [3.8, 4) is 0 Å². The fourth-order valence-electron chi connectivity index (χ4n) is 3.43. The molecule has 3 heteroatoms. The highest BCUT2D eigenvalue weighted by Crippen LogP contribution is 2.43. The number of hydrogen-bond acceptors (Lipinski definition) is 2. The molecule has 2 atom stereocenters. The Morgan fingerprint density at radius 1 is 1.50 bits per heavy atom. The van der Waals surface area contributed by atoms with Crippen molar-refractivity contribution in [1.29, 1.82) is 0 Å². The van der Waals surface area contributed by atoms with Gasteiger partial charge in [0.15, 0.2) is 0 Å². The molecule has 0 aromatic carbocycles. The molecule has 1 N–H and O–H groups in total. The highest BCUT2D eigenvalue weighted by Gasteiger charge is 2.50. The van der Waals surface area contributed by atoms with Gasteiger partial charge in [-0.25, -0.2) is 0 Å². The van der Waals surface area contributed by atoms with Crippen LogP contribution in [0.5, 0.6) is 0 Å². The number of piperidine rings is 1. The van der Waals surface area contributed by atoms with Crippen LogP contribution in [0.3, 0.4) is 0 Å². The van der Waals surface area contributed by atoms with Crippen molar-refractivity contribution in [1.82, 2.24) is 10.2 Å². The second kappa shape index (κ2) is 3.73. The Hall–Kier alpha value is -0.570. The maximum Gasteiger partial charge on any atom is 0.230 e. The molecule has 0 aromatic rings. The molecule has 2 unspecified atom stereocenters. The number of likely N-dealkylation sites (tertiary alicyclic amines) is 1. The summed E-state index contributed by atoms with van der Waals surface area (Å²) < 4.78 is 0. The Morgan fingerprint density at radius 3 is 2.94 bits per heavy atom. The molecular formula is C13H22N2O. The molecule has 90 valence electrons. The van der Waals surface area contributed by atoms with Gasteiger partial charge in [-0.2, -0.15) is 0 Å². The van der Waals surface area contributed by atoms with Crippen molar-refractivity contribution in [2.24, 2.45) is 11.3 Å². The first-order chi connectivity index (χ1) is 7.71. The maximum atomic E-state index is 12.5. The van der Waals surface area contributed by atoms with Crippen LogP contribution in [0, 0.1) is 11.3 Å². The molecule has 3 aliphatic rings. The lowest BCUT2D eigenvalue weighted by Gasteiger charge is -2.32. The minimum atomic E-state index is -0.0352. The van der Waals surface area contributed by atoms with Crippen LogP contribution in [0.4, 0.5) is 0 Å². The van der Waals surface area contributed by atoms with E-state index in [9.17, 15) is 4.79 Å². The molecule has 1 aliphatic carbocycles. The van der Waals surface area contributed by atoms with Crippen molar-refractivity contribution in [3.63, 3.8) is 0 Å². The van der Waals surface area contributed by atoms with Gasteiger partial charge in [0.2, 0.25) is 5.91 Å². The Balaban J connectivity index is 1.74. The van der Waals surface area contributed by atoms with Crippen molar-refractivity contribution in [2.45, 2.75) is 45.1 Å². The lowest BCUT2D eigenvalue weighted by atomic mass is 9.78. The van der Waals surface area contributed by atoms with E-state index in [1.165, 1.54) is 12.8 Å². The third-order valence-electron chi connectivity index (χ3n) is 4.56. The fraction of sp³-hybridized carbons (Fsp3) is 0.923. The van der Waals surface area contributed by atoms with E-state index in [2.05, 4.69) is 17.1 Å². The molecule has 3 rings (SSSR count). The van der Waals surface area contributed by atoms with Crippen LogP contribution in [0.25, 0.3) is 0 Å². The first kappa shape index (κ1) is 10.6. The SMILES string of the molecule is CC1CC2(CCCNC2)C(=O)N1CC1CC1. The minimum absolute atomic E-state index is 0.0352. The molecule has 2 aliphatic heterocycles. The van der Waals surface area contributed by atoms with E-state index in [1.54, 1.807) is 0 Å². The molecule has 0 bridgehead atoms. The maximum absolute atomic E-state index is 12.5. The van der Waals surface area contributed by atoms with E-state index < -0.39 is 0 Å². The molecule has 1 spiro atoms. The van der Waals surface area contributed by atoms with Crippen LogP contribution >= 0.6 is 0 Å². The molecule has 3 nitrogen and oxygen atoms in total. The third kappa shape index (κ3) is 1.65. The van der Waals surface area contributed by atoms with Gasteiger partial charge in [-0.1, -0.05) is 0 Å². The van der Waals surface area contributed by atoms with Gasteiger partial charge in [0.05, 0.1) is 5.41 Å². The number of carbonyl (C=O) groups is 1. The van der Waals surface area contributed by atoms with Crippen LogP contribution in [0.1, 0.15) is 39.0 Å². The molecule has 1 saturated carbocycles. The zero-order chi connectivity index (χ0) is 11.2. The normalized spacial score (nSPS) is 39.7. The van der Waals surface area contributed by atoms with Gasteiger partial charge >= 0.3 is 0 Å². The number of nitrogens with one attached hydrogen (secondary N) is 1. The fourth-order valence-corrected chi connectivity index (χ4v) is 3.43. The number of carbonyl (C=O) groups excluding carboxylic acids is 1. The summed E-state index contributed by atoms with van der Waals surface area (Å²) in [6.45, 7) is 5.26. The predicted octanol–water partition coefficient (Wildman–Crippen LogP) is 1.39. The van der Waals surface area contributed by atoms with Crippen LogP contribution in [-0.2, 0) is 4.79 Å². The van der Waals surface area contributed by atoms with Crippen molar-refractivity contribution in [2.75, 3.05) is 19.6 Å². The first-order valence-corrected chi connectivity index (χ1v) is 6.73. The second-order valence-corrected chi connectivity index (χ2v) is 6.01. The highest BCUT2D eigenvalue weighted by molar-refractivity contribution is 5.85. The quantitative estimate of drug-likeness (QED) is 0.765. The van der Waals surface area contributed by atoms with Crippen molar-refractivity contribution < 1.29 is 4.79 Å². The summed E-state index contributed by atoms with van der Waals surface area (Å²) in [6, 6.07) is 0.466. The number of hydrogen-bond donors (Lipinski definition) is 1. The summed E-state index contributed by atoms with van der Waals surface area (Å²) in [5.41, 5.74) is -0.0352. The first-order valence-electron chi connectivity index (χ1n) is 6.73. The lowest BCUT2D eigenvalue weighted by molar-refractivity contribution is -0.137. The predicted molar refractivity (Wildman–Crippen MR) is 63.1 cm³/mol. The largest absolute Gasteiger partial charge is 0.339 e. The van der Waals surface area contributed by atoms with Gasteiger partial charge in [0.1, 0.15) is 0 Å². The van der Waals surface area contributed by atoms with Gasteiger partial charge in [-0.3, -0.25) is 4.79 Å². The van der Waals surface area contributed by atoms with Gasteiger partial charge in [-0.15, -0.1) is 0 Å². The number of amides is 1. The average Bonchev–Trinajstić information content (AvgIpc) is 3.06. The summed E-state index contributed by atoms with van der Waals surface area (Å²) in [7, 11) is 0. The van der Waals surface area contributed by atoms with E-state index >= 15 is 0 Å². The van der Waals surface area contributed by atoms with E-state index in [4.69, 9.17) is 0 Å². The molecule has 2 saturated heterocycles.